The second kappa shape index (κ2) is 6.06. The Balaban J connectivity index is 4.26. The van der Waals surface area contributed by atoms with Crippen LogP contribution in [-0.2, 0) is 0 Å². The molecule has 0 aliphatic heterocycles. The van der Waals surface area contributed by atoms with Crippen molar-refractivity contribution < 1.29 is 0 Å². The Morgan fingerprint density at radius 2 is 1.71 bits per heavy atom. The maximum Gasteiger partial charge on any atom is -0.0111 e. The normalized spacial score (nSPS) is 16.9. The standard InChI is InChI=1S/C14H26/c1-8-11(4)9-12(5)14(7)13(6)10(2)3/h8,10,13-14H,5,9H2,1-4,6-7H3/b11-8-. The minimum absolute atomic E-state index is 0.630. The van der Waals surface area contributed by atoms with Gasteiger partial charge in [-0.1, -0.05) is 51.5 Å². The fraction of sp³-hybridized carbons (Fsp3) is 0.714. The molecule has 0 spiro atoms. The monoisotopic (exact) mass is 194 g/mol. The first-order valence-corrected chi connectivity index (χ1v) is 5.69. The zero-order valence-corrected chi connectivity index (χ0v) is 10.7. The lowest BCUT2D eigenvalue weighted by molar-refractivity contribution is 0.328. The van der Waals surface area contributed by atoms with Crippen LogP contribution in [0.5, 0.6) is 0 Å². The van der Waals surface area contributed by atoms with Crippen molar-refractivity contribution in [3.63, 3.8) is 0 Å². The highest BCUT2D eigenvalue weighted by atomic mass is 14.2. The number of hydrogen-bond donors (Lipinski definition) is 0. The molecule has 2 atom stereocenters. The third-order valence-corrected chi connectivity index (χ3v) is 3.48. The lowest BCUT2D eigenvalue weighted by Crippen LogP contribution is -2.16. The van der Waals surface area contributed by atoms with Gasteiger partial charge in [0, 0.05) is 0 Å². The highest BCUT2D eigenvalue weighted by molar-refractivity contribution is 5.12. The van der Waals surface area contributed by atoms with Crippen molar-refractivity contribution >= 4 is 0 Å². The van der Waals surface area contributed by atoms with E-state index in [1.807, 2.05) is 0 Å². The molecule has 0 bridgehead atoms. The zero-order valence-electron chi connectivity index (χ0n) is 10.7. The Bertz CT molecular complexity index is 208. The van der Waals surface area contributed by atoms with E-state index in [0.717, 1.165) is 18.3 Å². The van der Waals surface area contributed by atoms with Gasteiger partial charge in [-0.25, -0.2) is 0 Å². The van der Waals surface area contributed by atoms with Crippen LogP contribution >= 0.6 is 0 Å². The lowest BCUT2D eigenvalue weighted by Gasteiger charge is -2.25. The molecule has 2 unspecified atom stereocenters. The summed E-state index contributed by atoms with van der Waals surface area (Å²) in [5.41, 5.74) is 2.81. The Morgan fingerprint density at radius 1 is 1.21 bits per heavy atom. The van der Waals surface area contributed by atoms with Gasteiger partial charge in [0.2, 0.25) is 0 Å². The van der Waals surface area contributed by atoms with E-state index in [-0.39, 0.29) is 0 Å². The molecule has 0 heteroatoms. The van der Waals surface area contributed by atoms with Crippen LogP contribution < -0.4 is 0 Å². The van der Waals surface area contributed by atoms with Gasteiger partial charge >= 0.3 is 0 Å². The van der Waals surface area contributed by atoms with E-state index in [1.54, 1.807) is 0 Å². The van der Waals surface area contributed by atoms with Gasteiger partial charge in [0.15, 0.2) is 0 Å². The van der Waals surface area contributed by atoms with Gasteiger partial charge in [0.1, 0.15) is 0 Å². The molecule has 0 nitrogen and oxygen atoms in total. The fourth-order valence-corrected chi connectivity index (χ4v) is 1.57. The summed E-state index contributed by atoms with van der Waals surface area (Å²) < 4.78 is 0. The predicted molar refractivity (Wildman–Crippen MR) is 66.4 cm³/mol. The summed E-state index contributed by atoms with van der Waals surface area (Å²) in [4.78, 5) is 0. The molecule has 0 saturated heterocycles. The van der Waals surface area contributed by atoms with E-state index in [9.17, 15) is 0 Å². The van der Waals surface area contributed by atoms with Crippen molar-refractivity contribution in [3.05, 3.63) is 23.8 Å². The molecule has 14 heavy (non-hydrogen) atoms. The Morgan fingerprint density at radius 3 is 2.07 bits per heavy atom. The first-order valence-electron chi connectivity index (χ1n) is 5.69. The number of hydrogen-bond acceptors (Lipinski definition) is 0. The maximum absolute atomic E-state index is 4.21. The van der Waals surface area contributed by atoms with Crippen LogP contribution in [0.1, 0.15) is 48.0 Å². The second-order valence-corrected chi connectivity index (χ2v) is 4.86. The molecule has 0 aromatic rings. The molecule has 0 aromatic carbocycles. The van der Waals surface area contributed by atoms with E-state index in [0.29, 0.717) is 5.92 Å². The average molecular weight is 194 g/mol. The molecule has 0 heterocycles. The molecule has 0 aliphatic rings. The molecule has 0 aliphatic carbocycles. The fourth-order valence-electron chi connectivity index (χ4n) is 1.57. The highest BCUT2D eigenvalue weighted by Crippen LogP contribution is 2.28. The minimum atomic E-state index is 0.630. The summed E-state index contributed by atoms with van der Waals surface area (Å²) in [7, 11) is 0. The topological polar surface area (TPSA) is 0 Å². The Hall–Kier alpha value is -0.520. The summed E-state index contributed by atoms with van der Waals surface area (Å²) >= 11 is 0. The van der Waals surface area contributed by atoms with Crippen LogP contribution in [0.4, 0.5) is 0 Å². The largest absolute Gasteiger partial charge is 0.0993 e. The summed E-state index contributed by atoms with van der Waals surface area (Å²) in [6.45, 7) is 17.7. The van der Waals surface area contributed by atoms with Crippen molar-refractivity contribution in [2.24, 2.45) is 17.8 Å². The molecule has 0 radical (unpaired) electrons. The van der Waals surface area contributed by atoms with Gasteiger partial charge in [0.05, 0.1) is 0 Å². The van der Waals surface area contributed by atoms with Crippen molar-refractivity contribution in [3.8, 4) is 0 Å². The van der Waals surface area contributed by atoms with Gasteiger partial charge in [-0.05, 0) is 38.0 Å². The van der Waals surface area contributed by atoms with Gasteiger partial charge in [-0.3, -0.25) is 0 Å². The second-order valence-electron chi connectivity index (χ2n) is 4.86. The molecule has 0 aromatic heterocycles. The number of rotatable bonds is 5. The summed E-state index contributed by atoms with van der Waals surface area (Å²) in [5, 5.41) is 0. The Kier molecular flexibility index (Phi) is 5.83. The van der Waals surface area contributed by atoms with E-state index < -0.39 is 0 Å². The van der Waals surface area contributed by atoms with Crippen LogP contribution in [0, 0.1) is 17.8 Å². The van der Waals surface area contributed by atoms with E-state index >= 15 is 0 Å². The van der Waals surface area contributed by atoms with Crippen molar-refractivity contribution in [2.75, 3.05) is 0 Å². The molecular formula is C14H26. The summed E-state index contributed by atoms with van der Waals surface area (Å²) in [6.07, 6.45) is 3.24. The first-order chi connectivity index (χ1) is 6.40. The maximum atomic E-state index is 4.21. The van der Waals surface area contributed by atoms with Gasteiger partial charge < -0.3 is 0 Å². The third-order valence-electron chi connectivity index (χ3n) is 3.48. The summed E-state index contributed by atoms with van der Waals surface area (Å²) in [5.74, 6) is 2.10. The molecule has 0 fully saturated rings. The molecule has 0 saturated carbocycles. The van der Waals surface area contributed by atoms with Gasteiger partial charge in [-0.15, -0.1) is 0 Å². The van der Waals surface area contributed by atoms with E-state index in [1.165, 1.54) is 11.1 Å². The average Bonchev–Trinajstić information content (AvgIpc) is 2.14. The van der Waals surface area contributed by atoms with E-state index in [4.69, 9.17) is 0 Å². The lowest BCUT2D eigenvalue weighted by atomic mass is 9.80. The quantitative estimate of drug-likeness (QED) is 0.550. The van der Waals surface area contributed by atoms with Crippen LogP contribution in [0.2, 0.25) is 0 Å². The first kappa shape index (κ1) is 13.5. The van der Waals surface area contributed by atoms with Gasteiger partial charge in [-0.2, -0.15) is 0 Å². The third kappa shape index (κ3) is 4.13. The van der Waals surface area contributed by atoms with Crippen molar-refractivity contribution in [1.29, 1.82) is 0 Å². The SMILES string of the molecule is C=C(C/C(C)=C\C)C(C)C(C)C(C)C. The molecule has 0 amide bonds. The van der Waals surface area contributed by atoms with Crippen LogP contribution in [-0.4, -0.2) is 0 Å². The van der Waals surface area contributed by atoms with Crippen LogP contribution in [0.15, 0.2) is 23.8 Å². The highest BCUT2D eigenvalue weighted by Gasteiger charge is 2.18. The smallest absolute Gasteiger partial charge is 0.0111 e. The molecule has 0 rings (SSSR count). The molecular weight excluding hydrogens is 168 g/mol. The van der Waals surface area contributed by atoms with Crippen LogP contribution in [0.25, 0.3) is 0 Å². The zero-order chi connectivity index (χ0) is 11.3. The van der Waals surface area contributed by atoms with Gasteiger partial charge in [0.25, 0.3) is 0 Å². The van der Waals surface area contributed by atoms with Crippen molar-refractivity contribution in [1.82, 2.24) is 0 Å². The minimum Gasteiger partial charge on any atom is -0.0993 e. The van der Waals surface area contributed by atoms with Crippen LogP contribution in [0.3, 0.4) is 0 Å². The van der Waals surface area contributed by atoms with E-state index in [2.05, 4.69) is 54.2 Å². The number of allylic oxidation sites excluding steroid dienone is 3. The molecule has 0 N–H and O–H groups in total. The summed E-state index contributed by atoms with van der Waals surface area (Å²) in [6, 6.07) is 0. The Labute approximate surface area is 90.1 Å². The van der Waals surface area contributed by atoms with Crippen molar-refractivity contribution in [2.45, 2.75) is 48.0 Å². The predicted octanol–water partition coefficient (Wildman–Crippen LogP) is 4.83. The molecule has 82 valence electrons.